The largest absolute Gasteiger partial charge is 0.381 e. The van der Waals surface area contributed by atoms with Gasteiger partial charge in [-0.3, -0.25) is 0 Å². The molecule has 0 radical (unpaired) electrons. The van der Waals surface area contributed by atoms with Gasteiger partial charge in [-0.05, 0) is 6.07 Å². The summed E-state index contributed by atoms with van der Waals surface area (Å²) >= 11 is 0. The number of halogens is 1. The quantitative estimate of drug-likeness (QED) is 0.838. The summed E-state index contributed by atoms with van der Waals surface area (Å²) in [4.78, 5) is 2.02. The van der Waals surface area contributed by atoms with E-state index in [2.05, 4.69) is 10.4 Å². The minimum Gasteiger partial charge on any atom is -0.381 e. The Hall–Kier alpha value is -2.55. The number of aromatic nitrogens is 2. The molecule has 0 spiro atoms. The third-order valence-corrected chi connectivity index (χ3v) is 3.23. The molecule has 0 saturated carbocycles. The molecular weight excluding hydrogens is 245 g/mol. The molecule has 0 saturated heterocycles. The van der Waals surface area contributed by atoms with Crippen molar-refractivity contribution in [3.63, 3.8) is 0 Å². The molecule has 3 rings (SSSR count). The maximum absolute atomic E-state index is 13.9. The highest BCUT2D eigenvalue weighted by atomic mass is 19.1. The number of nitriles is 1. The van der Waals surface area contributed by atoms with E-state index in [-0.39, 0.29) is 6.04 Å². The molecule has 96 valence electrons. The van der Waals surface area contributed by atoms with Crippen LogP contribution < -0.4 is 5.32 Å². The third kappa shape index (κ3) is 1.80. The molecule has 3 heterocycles. The Morgan fingerprint density at radius 2 is 2.37 bits per heavy atom. The van der Waals surface area contributed by atoms with Crippen LogP contribution in [0.3, 0.4) is 0 Å². The highest BCUT2D eigenvalue weighted by molar-refractivity contribution is 5.59. The monoisotopic (exact) mass is 257 g/mol. The number of pyridine rings is 1. The molecule has 0 aliphatic carbocycles. The molecule has 1 N–H and O–H groups in total. The van der Waals surface area contributed by atoms with Gasteiger partial charge in [0.2, 0.25) is 0 Å². The van der Waals surface area contributed by atoms with Crippen molar-refractivity contribution in [1.82, 2.24) is 19.8 Å². The van der Waals surface area contributed by atoms with Crippen LogP contribution in [0.2, 0.25) is 0 Å². The number of nitrogens with zero attached hydrogens (tertiary/aromatic N) is 4. The topological polar surface area (TPSA) is 56.4 Å². The third-order valence-electron chi connectivity index (χ3n) is 3.23. The van der Waals surface area contributed by atoms with E-state index in [0.29, 0.717) is 11.2 Å². The van der Waals surface area contributed by atoms with Gasteiger partial charge in [0, 0.05) is 31.6 Å². The molecular formula is C13H12FN5. The summed E-state index contributed by atoms with van der Waals surface area (Å²) < 4.78 is 15.3. The molecule has 0 bridgehead atoms. The van der Waals surface area contributed by atoms with E-state index >= 15 is 0 Å². The van der Waals surface area contributed by atoms with Crippen molar-refractivity contribution < 1.29 is 4.39 Å². The van der Waals surface area contributed by atoms with Gasteiger partial charge < -0.3 is 10.2 Å². The molecule has 0 aromatic carbocycles. The molecule has 2 aromatic heterocycles. The molecule has 19 heavy (non-hydrogen) atoms. The summed E-state index contributed by atoms with van der Waals surface area (Å²) in [6.07, 6.45) is 4.89. The minimum atomic E-state index is -0.411. The fourth-order valence-corrected chi connectivity index (χ4v) is 2.33. The number of nitrogens with one attached hydrogen (secondary N) is 1. The zero-order valence-electron chi connectivity index (χ0n) is 10.3. The first kappa shape index (κ1) is 11.5. The lowest BCUT2D eigenvalue weighted by Gasteiger charge is -2.28. The second-order valence-corrected chi connectivity index (χ2v) is 4.51. The fraction of sp³-hybridized carbons (Fsp3) is 0.231. The molecule has 1 aliphatic heterocycles. The van der Waals surface area contributed by atoms with E-state index in [9.17, 15) is 4.39 Å². The van der Waals surface area contributed by atoms with E-state index in [1.165, 1.54) is 4.52 Å². The molecule has 1 aliphatic rings. The van der Waals surface area contributed by atoms with Crippen LogP contribution in [-0.4, -0.2) is 28.1 Å². The normalized spacial score (nSPS) is 18.4. The van der Waals surface area contributed by atoms with Gasteiger partial charge in [-0.2, -0.15) is 10.4 Å². The predicted octanol–water partition coefficient (Wildman–Crippen LogP) is 1.39. The molecule has 5 nitrogen and oxygen atoms in total. The summed E-state index contributed by atoms with van der Waals surface area (Å²) in [5.74, 6) is -0.411. The molecule has 1 atom stereocenters. The zero-order valence-corrected chi connectivity index (χ0v) is 10.3. The van der Waals surface area contributed by atoms with Crippen molar-refractivity contribution in [3.8, 4) is 6.07 Å². The lowest BCUT2D eigenvalue weighted by Crippen LogP contribution is -2.32. The van der Waals surface area contributed by atoms with Gasteiger partial charge in [-0.25, -0.2) is 8.91 Å². The van der Waals surface area contributed by atoms with Crippen molar-refractivity contribution in [3.05, 3.63) is 47.8 Å². The van der Waals surface area contributed by atoms with Gasteiger partial charge >= 0.3 is 0 Å². The van der Waals surface area contributed by atoms with Crippen molar-refractivity contribution in [2.75, 3.05) is 13.6 Å². The summed E-state index contributed by atoms with van der Waals surface area (Å²) in [5, 5.41) is 16.1. The molecule has 0 amide bonds. The number of fused-ring (bicyclic) bond motifs is 1. The Morgan fingerprint density at radius 3 is 3.11 bits per heavy atom. The highest BCUT2D eigenvalue weighted by Crippen LogP contribution is 2.25. The minimum absolute atomic E-state index is 0.0311. The highest BCUT2D eigenvalue weighted by Gasteiger charge is 2.21. The number of hydrogen-bond donors (Lipinski definition) is 1. The van der Waals surface area contributed by atoms with Crippen molar-refractivity contribution in [2.45, 2.75) is 6.04 Å². The smallest absolute Gasteiger partial charge is 0.169 e. The number of likely N-dealkylation sites (N-methyl/N-ethyl adjacent to an activating group) is 1. The Morgan fingerprint density at radius 1 is 1.53 bits per heavy atom. The first-order valence-electron chi connectivity index (χ1n) is 5.90. The van der Waals surface area contributed by atoms with Crippen LogP contribution in [0.25, 0.3) is 5.52 Å². The summed E-state index contributed by atoms with van der Waals surface area (Å²) in [5.41, 5.74) is 1.48. The SMILES string of the molecule is CN1C=CN[C@H](c2ccc(C#N)n3ncc(F)c23)C1. The second-order valence-electron chi connectivity index (χ2n) is 4.51. The zero-order chi connectivity index (χ0) is 13.4. The van der Waals surface area contributed by atoms with Crippen LogP contribution in [0.15, 0.2) is 30.7 Å². The average molecular weight is 257 g/mol. The molecule has 0 unspecified atom stereocenters. The first-order valence-corrected chi connectivity index (χ1v) is 5.90. The van der Waals surface area contributed by atoms with Crippen LogP contribution >= 0.6 is 0 Å². The van der Waals surface area contributed by atoms with Gasteiger partial charge in [0.05, 0.1) is 12.2 Å². The Labute approximate surface area is 109 Å². The van der Waals surface area contributed by atoms with Crippen molar-refractivity contribution in [2.24, 2.45) is 0 Å². The Kier molecular flexibility index (Phi) is 2.60. The van der Waals surface area contributed by atoms with E-state index in [1.807, 2.05) is 30.4 Å². The van der Waals surface area contributed by atoms with Crippen molar-refractivity contribution >= 4 is 5.52 Å². The second kappa shape index (κ2) is 4.28. The van der Waals surface area contributed by atoms with Gasteiger partial charge in [0.15, 0.2) is 5.82 Å². The summed E-state index contributed by atoms with van der Waals surface area (Å²) in [6.45, 7) is 0.725. The molecule has 0 fully saturated rings. The number of hydrogen-bond acceptors (Lipinski definition) is 4. The lowest BCUT2D eigenvalue weighted by molar-refractivity contribution is 0.367. The van der Waals surface area contributed by atoms with Crippen LogP contribution in [0.4, 0.5) is 4.39 Å². The predicted molar refractivity (Wildman–Crippen MR) is 67.5 cm³/mol. The maximum atomic E-state index is 13.9. The van der Waals surface area contributed by atoms with Crippen LogP contribution in [0.1, 0.15) is 17.3 Å². The summed E-state index contributed by atoms with van der Waals surface area (Å²) in [6, 6.07) is 5.42. The molecule has 2 aromatic rings. The van der Waals surface area contributed by atoms with Crippen LogP contribution in [0, 0.1) is 17.1 Å². The maximum Gasteiger partial charge on any atom is 0.169 e. The standard InChI is InChI=1S/C13H12FN5/c1-18-5-4-16-12(8-18)10-3-2-9(6-15)19-13(10)11(14)7-17-19/h2-5,7,12,16H,8H2,1H3/t12-/m0/s1. The average Bonchev–Trinajstić information content (AvgIpc) is 2.80. The summed E-state index contributed by atoms with van der Waals surface area (Å²) in [7, 11) is 1.96. The van der Waals surface area contributed by atoms with E-state index in [1.54, 1.807) is 12.1 Å². The van der Waals surface area contributed by atoms with E-state index in [0.717, 1.165) is 18.3 Å². The van der Waals surface area contributed by atoms with Crippen LogP contribution in [-0.2, 0) is 0 Å². The Bertz CT molecular complexity index is 697. The van der Waals surface area contributed by atoms with Gasteiger partial charge in [-0.1, -0.05) is 6.07 Å². The van der Waals surface area contributed by atoms with Gasteiger partial charge in [-0.15, -0.1) is 0 Å². The van der Waals surface area contributed by atoms with Gasteiger partial charge in [0.25, 0.3) is 0 Å². The van der Waals surface area contributed by atoms with Crippen molar-refractivity contribution in [1.29, 1.82) is 5.26 Å². The van der Waals surface area contributed by atoms with E-state index < -0.39 is 5.82 Å². The molecule has 6 heteroatoms. The first-order chi connectivity index (χ1) is 9.20. The van der Waals surface area contributed by atoms with Gasteiger partial charge in [0.1, 0.15) is 17.3 Å². The van der Waals surface area contributed by atoms with Crippen LogP contribution in [0.5, 0.6) is 0 Å². The Balaban J connectivity index is 2.17. The van der Waals surface area contributed by atoms with E-state index in [4.69, 9.17) is 5.26 Å². The fourth-order valence-electron chi connectivity index (χ4n) is 2.33. The lowest BCUT2D eigenvalue weighted by atomic mass is 10.0. The number of rotatable bonds is 1.